The maximum Gasteiger partial charge on any atom is 0.317 e. The van der Waals surface area contributed by atoms with Crippen molar-refractivity contribution in [1.29, 1.82) is 0 Å². The van der Waals surface area contributed by atoms with Crippen LogP contribution in [0.25, 0.3) is 0 Å². The highest BCUT2D eigenvalue weighted by Crippen LogP contribution is 2.18. The van der Waals surface area contributed by atoms with Gasteiger partial charge < -0.3 is 35.8 Å². The van der Waals surface area contributed by atoms with Gasteiger partial charge in [-0.2, -0.15) is 0 Å². The van der Waals surface area contributed by atoms with Crippen LogP contribution in [0.4, 0.5) is 10.5 Å². The average Bonchev–Trinajstić information content (AvgIpc) is 3.48. The molecule has 8 nitrogen and oxygen atoms in total. The summed E-state index contributed by atoms with van der Waals surface area (Å²) in [5, 5.41) is 31.5. The van der Waals surface area contributed by atoms with Gasteiger partial charge in [0, 0.05) is 42.8 Å². The predicted octanol–water partition coefficient (Wildman–Crippen LogP) is 4.24. The number of phenols is 1. The van der Waals surface area contributed by atoms with E-state index in [2.05, 4.69) is 57.7 Å². The van der Waals surface area contributed by atoms with Crippen LogP contribution >= 0.6 is 11.3 Å². The fourth-order valence-corrected chi connectivity index (χ4v) is 5.30. The van der Waals surface area contributed by atoms with Crippen molar-refractivity contribution < 1.29 is 19.7 Å². The van der Waals surface area contributed by atoms with Gasteiger partial charge >= 0.3 is 6.03 Å². The number of phenolic OH excluding ortho intramolecular Hbond substituents is 1. The monoisotopic (exact) mass is 552 g/mol. The zero-order valence-electron chi connectivity index (χ0n) is 22.4. The van der Waals surface area contributed by atoms with Crippen molar-refractivity contribution in [3.63, 3.8) is 0 Å². The number of piperidine rings is 1. The number of aryl methyl sites for hydroxylation is 1. The molecule has 1 atom stereocenters. The molecule has 2 heterocycles. The molecule has 5 N–H and O–H groups in total. The van der Waals surface area contributed by atoms with Crippen LogP contribution in [0.3, 0.4) is 0 Å². The van der Waals surface area contributed by atoms with Crippen LogP contribution in [0.15, 0.2) is 66.0 Å². The molecule has 0 aliphatic carbocycles. The number of benzene rings is 2. The number of hydrogen-bond acceptors (Lipinski definition) is 7. The van der Waals surface area contributed by atoms with Gasteiger partial charge in [-0.15, -0.1) is 11.3 Å². The fraction of sp³-hybridized carbons (Fsp3) is 0.433. The van der Waals surface area contributed by atoms with E-state index in [1.165, 1.54) is 10.4 Å². The Balaban J connectivity index is 1.05. The average molecular weight is 553 g/mol. The van der Waals surface area contributed by atoms with Gasteiger partial charge in [-0.1, -0.05) is 18.2 Å². The number of aliphatic hydroxyl groups is 1. The van der Waals surface area contributed by atoms with Crippen molar-refractivity contribution in [2.45, 2.75) is 44.2 Å². The number of ether oxygens (including phenoxy) is 1. The van der Waals surface area contributed by atoms with E-state index in [1.807, 2.05) is 4.90 Å². The lowest BCUT2D eigenvalue weighted by Gasteiger charge is -2.33. The van der Waals surface area contributed by atoms with Crippen molar-refractivity contribution in [2.24, 2.45) is 0 Å². The van der Waals surface area contributed by atoms with Gasteiger partial charge in [0.25, 0.3) is 0 Å². The molecule has 1 saturated heterocycles. The third-order valence-corrected chi connectivity index (χ3v) is 7.75. The van der Waals surface area contributed by atoms with Crippen LogP contribution in [0.2, 0.25) is 0 Å². The molecule has 0 radical (unpaired) electrons. The second-order valence-electron chi connectivity index (χ2n) is 9.93. The van der Waals surface area contributed by atoms with Gasteiger partial charge in [-0.25, -0.2) is 4.79 Å². The lowest BCUT2D eigenvalue weighted by atomic mass is 10.0. The molecule has 1 aliphatic heterocycles. The highest BCUT2D eigenvalue weighted by molar-refractivity contribution is 7.09. The van der Waals surface area contributed by atoms with Gasteiger partial charge in [0.2, 0.25) is 0 Å². The summed E-state index contributed by atoms with van der Waals surface area (Å²) in [7, 11) is 0. The Bertz CT molecular complexity index is 1100. The summed E-state index contributed by atoms with van der Waals surface area (Å²) in [4.78, 5) is 15.8. The number of nitrogens with one attached hydrogen (secondary N) is 3. The normalized spacial score (nSPS) is 14.6. The molecule has 1 aliphatic rings. The summed E-state index contributed by atoms with van der Waals surface area (Å²) in [6, 6.07) is 19.6. The molecule has 2 amide bonds. The molecule has 0 bridgehead atoms. The summed E-state index contributed by atoms with van der Waals surface area (Å²) >= 11 is 1.77. The fourth-order valence-electron chi connectivity index (χ4n) is 4.55. The van der Waals surface area contributed by atoms with Gasteiger partial charge in [0.15, 0.2) is 0 Å². The maximum atomic E-state index is 12.5. The van der Waals surface area contributed by atoms with Crippen LogP contribution in [-0.2, 0) is 12.8 Å². The van der Waals surface area contributed by atoms with Crippen LogP contribution in [0.5, 0.6) is 11.5 Å². The summed E-state index contributed by atoms with van der Waals surface area (Å²) < 4.78 is 5.53. The van der Waals surface area contributed by atoms with Gasteiger partial charge in [0.1, 0.15) is 24.2 Å². The van der Waals surface area contributed by atoms with E-state index < -0.39 is 6.10 Å². The lowest BCUT2D eigenvalue weighted by molar-refractivity contribution is 0.106. The standard InChI is InChI=1S/C30H40N4O4S/c35-26-9-11-28(12-10-26)38-22-27(36)21-31-17-13-23-5-7-24(8-6-23)33-25-14-18-34(19-15-25)30(37)32-16-1-3-29-4-2-20-39-29/h2,4-12,20,25,27,31,33,35-36H,1,3,13-19,21-22H2,(H,32,37)/t27-/m0/s1. The van der Waals surface area contributed by atoms with E-state index in [0.717, 1.165) is 57.4 Å². The Kier molecular flexibility index (Phi) is 11.3. The molecule has 0 unspecified atom stereocenters. The first-order chi connectivity index (χ1) is 19.0. The Morgan fingerprint density at radius 3 is 2.51 bits per heavy atom. The van der Waals surface area contributed by atoms with E-state index in [4.69, 9.17) is 4.74 Å². The van der Waals surface area contributed by atoms with E-state index in [1.54, 1.807) is 35.6 Å². The number of aliphatic hydroxyl groups excluding tert-OH is 1. The first-order valence-electron chi connectivity index (χ1n) is 13.8. The molecule has 210 valence electrons. The third-order valence-electron chi connectivity index (χ3n) is 6.81. The molecule has 2 aromatic carbocycles. The molecule has 0 spiro atoms. The first kappa shape index (κ1) is 28.7. The molecule has 0 saturated carbocycles. The second-order valence-corrected chi connectivity index (χ2v) is 11.0. The summed E-state index contributed by atoms with van der Waals surface area (Å²) in [5.74, 6) is 0.805. The zero-order chi connectivity index (χ0) is 27.3. The minimum Gasteiger partial charge on any atom is -0.508 e. The summed E-state index contributed by atoms with van der Waals surface area (Å²) in [6.07, 6.45) is 4.11. The number of aromatic hydroxyl groups is 1. The smallest absolute Gasteiger partial charge is 0.317 e. The number of likely N-dealkylation sites (tertiary alicyclic amines) is 1. The van der Waals surface area contributed by atoms with Crippen LogP contribution in [-0.4, -0.2) is 72.6 Å². The number of carbonyl (C=O) groups excluding carboxylic acids is 1. The number of thiophene rings is 1. The van der Waals surface area contributed by atoms with Gasteiger partial charge in [-0.3, -0.25) is 0 Å². The number of urea groups is 1. The van der Waals surface area contributed by atoms with E-state index in [-0.39, 0.29) is 18.4 Å². The number of rotatable bonds is 14. The van der Waals surface area contributed by atoms with E-state index in [9.17, 15) is 15.0 Å². The van der Waals surface area contributed by atoms with Crippen molar-refractivity contribution in [3.8, 4) is 11.5 Å². The Morgan fingerprint density at radius 1 is 1.03 bits per heavy atom. The minimum atomic E-state index is -0.612. The summed E-state index contributed by atoms with van der Waals surface area (Å²) in [5.41, 5.74) is 2.33. The van der Waals surface area contributed by atoms with E-state index in [0.29, 0.717) is 24.9 Å². The van der Waals surface area contributed by atoms with Gasteiger partial charge in [0.05, 0.1) is 0 Å². The van der Waals surface area contributed by atoms with Crippen molar-refractivity contribution in [2.75, 3.05) is 44.6 Å². The number of hydrogen-bond donors (Lipinski definition) is 5. The highest BCUT2D eigenvalue weighted by Gasteiger charge is 2.22. The van der Waals surface area contributed by atoms with E-state index >= 15 is 0 Å². The SMILES string of the molecule is O=C(NCCCc1cccs1)N1CCC(Nc2ccc(CCNC[C@H](O)COc3ccc(O)cc3)cc2)CC1. The lowest BCUT2D eigenvalue weighted by Crippen LogP contribution is -2.47. The topological polar surface area (TPSA) is 106 Å². The Hall–Kier alpha value is -3.27. The summed E-state index contributed by atoms with van der Waals surface area (Å²) in [6.45, 7) is 3.65. The van der Waals surface area contributed by atoms with Crippen LogP contribution in [0.1, 0.15) is 29.7 Å². The number of nitrogens with zero attached hydrogens (tertiary/aromatic N) is 1. The molecular formula is C30H40N4O4S. The predicted molar refractivity (Wildman–Crippen MR) is 157 cm³/mol. The largest absolute Gasteiger partial charge is 0.508 e. The number of amides is 2. The Morgan fingerprint density at radius 2 is 1.79 bits per heavy atom. The molecular weight excluding hydrogens is 512 g/mol. The molecule has 3 aromatic rings. The molecule has 9 heteroatoms. The zero-order valence-corrected chi connectivity index (χ0v) is 23.2. The molecule has 1 fully saturated rings. The first-order valence-corrected chi connectivity index (χ1v) is 14.6. The number of carbonyl (C=O) groups is 1. The molecule has 39 heavy (non-hydrogen) atoms. The highest BCUT2D eigenvalue weighted by atomic mass is 32.1. The quantitative estimate of drug-likeness (QED) is 0.192. The van der Waals surface area contributed by atoms with Gasteiger partial charge in [-0.05, 0) is 92.1 Å². The van der Waals surface area contributed by atoms with Crippen molar-refractivity contribution in [3.05, 3.63) is 76.5 Å². The minimum absolute atomic E-state index is 0.0509. The van der Waals surface area contributed by atoms with Crippen LogP contribution < -0.4 is 20.7 Å². The third kappa shape index (κ3) is 10.1. The number of anilines is 1. The molecule has 1 aromatic heterocycles. The maximum absolute atomic E-state index is 12.5. The molecule has 4 rings (SSSR count). The van der Waals surface area contributed by atoms with Crippen LogP contribution in [0, 0.1) is 0 Å². The van der Waals surface area contributed by atoms with Crippen molar-refractivity contribution >= 4 is 23.1 Å². The second kappa shape index (κ2) is 15.4. The van der Waals surface area contributed by atoms with Crippen molar-refractivity contribution in [1.82, 2.24) is 15.5 Å². The Labute approximate surface area is 235 Å².